The molecule has 4 rings (SSSR count). The average molecular weight is 710 g/mol. The molecule has 6 nitrogen and oxygen atoms in total. The van der Waals surface area contributed by atoms with Crippen LogP contribution in [0.3, 0.4) is 0 Å². The van der Waals surface area contributed by atoms with Crippen LogP contribution in [0.5, 0.6) is 5.75 Å². The number of nitrogens with zero attached hydrogens (tertiary/aromatic N) is 1. The van der Waals surface area contributed by atoms with Crippen LogP contribution in [0.4, 0.5) is 14.5 Å². The Balaban J connectivity index is 2.05. The van der Waals surface area contributed by atoms with Crippen molar-refractivity contribution < 1.29 is 31.5 Å². The third-order valence-corrected chi connectivity index (χ3v) is 9.80. The number of sulfonamides is 1. The highest BCUT2D eigenvalue weighted by atomic mass is 127. The lowest BCUT2D eigenvalue weighted by Crippen LogP contribution is -2.45. The summed E-state index contributed by atoms with van der Waals surface area (Å²) < 4.78 is 71.8. The molecule has 224 valence electrons. The number of rotatable bonds is 10. The topological polar surface area (TPSA) is 72.9 Å². The van der Waals surface area contributed by atoms with Gasteiger partial charge in [-0.15, -0.1) is 0 Å². The molecule has 0 fully saturated rings. The molecular weight excluding hydrogens is 675 g/mol. The van der Waals surface area contributed by atoms with E-state index in [-0.39, 0.29) is 18.0 Å². The minimum absolute atomic E-state index is 0.0470. The van der Waals surface area contributed by atoms with Gasteiger partial charge in [-0.3, -0.25) is 4.31 Å². The fraction of sp³-hybridized carbons (Fsp3) is 0.344. The molecule has 0 radical (unpaired) electrons. The number of aryl methyl sites for hydroxylation is 1. The molecule has 3 aromatic carbocycles. The number of carbonyl (C=O) groups is 1. The van der Waals surface area contributed by atoms with Gasteiger partial charge < -0.3 is 9.47 Å². The van der Waals surface area contributed by atoms with E-state index in [9.17, 15) is 13.2 Å². The number of hydrogen-bond acceptors (Lipinski definition) is 5. The monoisotopic (exact) mass is 709 g/mol. The van der Waals surface area contributed by atoms with E-state index in [0.29, 0.717) is 39.0 Å². The van der Waals surface area contributed by atoms with E-state index in [1.807, 2.05) is 25.1 Å². The number of carbonyl (C=O) groups excluding carboxylic acids is 1. The van der Waals surface area contributed by atoms with Gasteiger partial charge in [0.25, 0.3) is 10.0 Å². The fourth-order valence-electron chi connectivity index (χ4n) is 5.49. The fourth-order valence-corrected chi connectivity index (χ4v) is 7.63. The number of ether oxygens (including phenoxy) is 2. The number of benzene rings is 3. The van der Waals surface area contributed by atoms with Crippen LogP contribution < -0.4 is 9.04 Å². The quantitative estimate of drug-likeness (QED) is 0.124. The van der Waals surface area contributed by atoms with E-state index in [1.165, 1.54) is 23.4 Å². The van der Waals surface area contributed by atoms with Crippen molar-refractivity contribution in [3.8, 4) is 5.75 Å². The maximum absolute atomic E-state index is 15.6. The second-order valence-corrected chi connectivity index (χ2v) is 13.5. The summed E-state index contributed by atoms with van der Waals surface area (Å²) in [6, 6.07) is 20.7. The highest BCUT2D eigenvalue weighted by Gasteiger charge is 2.51. The van der Waals surface area contributed by atoms with Crippen LogP contribution in [0, 0.1) is 12.3 Å². The third-order valence-electron chi connectivity index (χ3n) is 7.48. The maximum Gasteiger partial charge on any atom is 0.376 e. The Morgan fingerprint density at radius 2 is 1.69 bits per heavy atom. The highest BCUT2D eigenvalue weighted by molar-refractivity contribution is 14.1. The van der Waals surface area contributed by atoms with Crippen LogP contribution in [0.25, 0.3) is 5.57 Å². The number of alkyl halides is 3. The zero-order valence-electron chi connectivity index (χ0n) is 24.0. The Morgan fingerprint density at radius 1 is 1.05 bits per heavy atom. The summed E-state index contributed by atoms with van der Waals surface area (Å²) in [6.07, 6.45) is -0.539. The summed E-state index contributed by atoms with van der Waals surface area (Å²) in [5, 5.41) is 0. The van der Waals surface area contributed by atoms with Crippen molar-refractivity contribution >= 4 is 49.8 Å². The summed E-state index contributed by atoms with van der Waals surface area (Å²) in [7, 11) is -2.65. The lowest BCUT2D eigenvalue weighted by atomic mass is 9.72. The molecule has 0 bridgehead atoms. The molecule has 1 unspecified atom stereocenters. The minimum Gasteiger partial charge on any atom is -0.497 e. The molecule has 1 aliphatic rings. The predicted molar refractivity (Wildman–Crippen MR) is 169 cm³/mol. The minimum atomic E-state index is -4.20. The van der Waals surface area contributed by atoms with Crippen LogP contribution in [-0.4, -0.2) is 45.0 Å². The zero-order chi connectivity index (χ0) is 30.7. The van der Waals surface area contributed by atoms with Gasteiger partial charge in [-0.25, -0.2) is 13.2 Å². The van der Waals surface area contributed by atoms with Crippen molar-refractivity contribution in [2.24, 2.45) is 5.41 Å². The first-order valence-corrected chi connectivity index (χ1v) is 16.5. The first-order valence-electron chi connectivity index (χ1n) is 13.6. The van der Waals surface area contributed by atoms with Gasteiger partial charge >= 0.3 is 11.9 Å². The van der Waals surface area contributed by atoms with Crippen molar-refractivity contribution in [2.75, 3.05) is 29.0 Å². The Morgan fingerprint density at radius 3 is 2.29 bits per heavy atom. The molecular formula is C32H34F2INO5S. The second kappa shape index (κ2) is 12.7. The summed E-state index contributed by atoms with van der Waals surface area (Å²) in [6.45, 7) is 4.44. The zero-order valence-corrected chi connectivity index (χ0v) is 27.0. The normalized spacial score (nSPS) is 17.5. The van der Waals surface area contributed by atoms with E-state index in [1.54, 1.807) is 56.5 Å². The van der Waals surface area contributed by atoms with Crippen molar-refractivity contribution in [1.82, 2.24) is 0 Å². The Labute approximate surface area is 259 Å². The summed E-state index contributed by atoms with van der Waals surface area (Å²) >= 11 is 2.19. The molecule has 0 spiro atoms. The largest absolute Gasteiger partial charge is 0.497 e. The van der Waals surface area contributed by atoms with Crippen LogP contribution in [0.2, 0.25) is 0 Å². The van der Waals surface area contributed by atoms with E-state index in [0.717, 1.165) is 11.1 Å². The molecule has 0 N–H and O–H groups in total. The van der Waals surface area contributed by atoms with Gasteiger partial charge in [-0.05, 0) is 61.7 Å². The number of esters is 1. The van der Waals surface area contributed by atoms with Gasteiger partial charge in [-0.1, -0.05) is 83.1 Å². The smallest absolute Gasteiger partial charge is 0.376 e. The van der Waals surface area contributed by atoms with E-state index >= 15 is 8.78 Å². The molecule has 1 heterocycles. The van der Waals surface area contributed by atoms with Crippen LogP contribution in [0.15, 0.2) is 83.3 Å². The van der Waals surface area contributed by atoms with E-state index in [4.69, 9.17) is 9.47 Å². The number of fused-ring (bicyclic) bond motifs is 1. The third kappa shape index (κ3) is 6.34. The second-order valence-electron chi connectivity index (χ2n) is 10.5. The first-order chi connectivity index (χ1) is 19.9. The van der Waals surface area contributed by atoms with Gasteiger partial charge in [0.1, 0.15) is 5.75 Å². The predicted octanol–water partition coefficient (Wildman–Crippen LogP) is 7.43. The number of hydrogen-bond donors (Lipinski definition) is 0. The number of methoxy groups -OCH3 is 1. The molecule has 0 aromatic heterocycles. The molecule has 0 amide bonds. The molecule has 3 aromatic rings. The first kappa shape index (κ1) is 31.9. The molecule has 0 saturated carbocycles. The molecule has 1 atom stereocenters. The average Bonchev–Trinajstić information content (AvgIpc) is 3.06. The standard InChI is InChI=1S/C32H34F2INO5S/c1-5-41-30(37)32(33,34)20-31(3)21-36(42(38,39)25-16-10-22(2)11-17-25)28-9-7-6-8-26(28)29(27(31)18-19-35)23-12-14-24(40-4)15-13-23/h6-17H,5,18-21H2,1-4H3. The highest BCUT2D eigenvalue weighted by Crippen LogP contribution is 2.51. The van der Waals surface area contributed by atoms with Gasteiger partial charge in [0.15, 0.2) is 0 Å². The Kier molecular flexibility index (Phi) is 9.66. The number of anilines is 1. The van der Waals surface area contributed by atoms with Gasteiger partial charge in [-0.2, -0.15) is 8.78 Å². The number of para-hydroxylation sites is 1. The van der Waals surface area contributed by atoms with E-state index in [2.05, 4.69) is 22.6 Å². The van der Waals surface area contributed by atoms with Gasteiger partial charge in [0, 0.05) is 28.4 Å². The van der Waals surface area contributed by atoms with E-state index < -0.39 is 33.8 Å². The lowest BCUT2D eigenvalue weighted by molar-refractivity contribution is -0.175. The van der Waals surface area contributed by atoms with Crippen LogP contribution in [0.1, 0.15) is 43.4 Å². The number of halogens is 3. The van der Waals surface area contributed by atoms with Crippen LogP contribution in [-0.2, 0) is 19.6 Å². The molecule has 1 aliphatic heterocycles. The molecule has 0 saturated heterocycles. The summed E-state index contributed by atoms with van der Waals surface area (Å²) in [5.41, 5.74) is 2.42. The summed E-state index contributed by atoms with van der Waals surface area (Å²) in [4.78, 5) is 12.5. The van der Waals surface area contributed by atoms with Crippen molar-refractivity contribution in [3.63, 3.8) is 0 Å². The molecule has 42 heavy (non-hydrogen) atoms. The SMILES string of the molecule is CCOC(=O)C(F)(F)CC1(C)CN(S(=O)(=O)c2ccc(C)cc2)c2ccccc2C(c2ccc(OC)cc2)=C1CCI. The Bertz CT molecular complexity index is 1570. The van der Waals surface area contributed by atoms with Crippen molar-refractivity contribution in [2.45, 2.75) is 44.4 Å². The van der Waals surface area contributed by atoms with Gasteiger partial charge in [0.05, 0.1) is 24.3 Å². The van der Waals surface area contributed by atoms with Crippen LogP contribution >= 0.6 is 22.6 Å². The van der Waals surface area contributed by atoms with Gasteiger partial charge in [0.2, 0.25) is 0 Å². The maximum atomic E-state index is 15.6. The lowest BCUT2D eigenvalue weighted by Gasteiger charge is -2.38. The van der Waals surface area contributed by atoms with Crippen molar-refractivity contribution in [1.29, 1.82) is 0 Å². The van der Waals surface area contributed by atoms with Crippen molar-refractivity contribution in [3.05, 3.63) is 95.1 Å². The summed E-state index contributed by atoms with van der Waals surface area (Å²) in [5.74, 6) is -4.86. The molecule has 0 aliphatic carbocycles. The Hall–Kier alpha value is -2.99. The molecule has 10 heteroatoms.